The molecule has 1 amide bonds. The van der Waals surface area contributed by atoms with Crippen molar-refractivity contribution >= 4 is 33.2 Å². The van der Waals surface area contributed by atoms with Crippen molar-refractivity contribution < 1.29 is 13.2 Å². The number of carbonyl (C=O) groups is 1. The fraction of sp³-hybridized carbons (Fsp3) is 0.278. The third kappa shape index (κ3) is 5.45. The number of nitrogens with zero attached hydrogens (tertiary/aromatic N) is 1. The molecule has 2 rings (SSSR count). The van der Waals surface area contributed by atoms with Crippen LogP contribution in [0.2, 0.25) is 5.02 Å². The second-order valence-electron chi connectivity index (χ2n) is 6.15. The van der Waals surface area contributed by atoms with Gasteiger partial charge in [0.25, 0.3) is 15.9 Å². The van der Waals surface area contributed by atoms with Gasteiger partial charge in [0.1, 0.15) is 0 Å². The predicted molar refractivity (Wildman–Crippen MR) is 104 cm³/mol. The van der Waals surface area contributed by atoms with Gasteiger partial charge in [0.15, 0.2) is 0 Å². The highest BCUT2D eigenvalue weighted by Crippen LogP contribution is 2.23. The quantitative estimate of drug-likeness (QED) is 0.755. The monoisotopic (exact) mass is 395 g/mol. The van der Waals surface area contributed by atoms with Crippen molar-refractivity contribution in [2.24, 2.45) is 0 Å². The minimum Gasteiger partial charge on any atom is -0.351 e. The first kappa shape index (κ1) is 20.2. The Kier molecular flexibility index (Phi) is 6.63. The van der Waals surface area contributed by atoms with E-state index in [0.29, 0.717) is 22.8 Å². The molecule has 8 heteroatoms. The molecule has 0 unspecified atom stereocenters. The van der Waals surface area contributed by atoms with Crippen LogP contribution in [0.15, 0.2) is 47.4 Å². The van der Waals surface area contributed by atoms with Gasteiger partial charge in [-0.05, 0) is 69.0 Å². The Hall–Kier alpha value is -2.09. The number of halogens is 1. The number of benzene rings is 2. The molecule has 26 heavy (non-hydrogen) atoms. The van der Waals surface area contributed by atoms with Crippen LogP contribution in [0.5, 0.6) is 0 Å². The lowest BCUT2D eigenvalue weighted by Gasteiger charge is -2.12. The number of hydrogen-bond acceptors (Lipinski definition) is 4. The molecular weight excluding hydrogens is 374 g/mol. The molecule has 0 fully saturated rings. The molecule has 0 aliphatic carbocycles. The van der Waals surface area contributed by atoms with E-state index in [4.69, 9.17) is 11.6 Å². The van der Waals surface area contributed by atoms with E-state index < -0.39 is 10.0 Å². The van der Waals surface area contributed by atoms with E-state index in [2.05, 4.69) is 10.0 Å². The summed E-state index contributed by atoms with van der Waals surface area (Å²) in [6.07, 6.45) is 0. The molecule has 0 radical (unpaired) electrons. The number of rotatable bonds is 7. The van der Waals surface area contributed by atoms with Crippen molar-refractivity contribution in [1.82, 2.24) is 10.2 Å². The zero-order chi connectivity index (χ0) is 19.3. The maximum atomic E-state index is 12.5. The van der Waals surface area contributed by atoms with E-state index in [-0.39, 0.29) is 10.8 Å². The third-order valence-corrected chi connectivity index (χ3v) is 5.32. The van der Waals surface area contributed by atoms with E-state index in [1.54, 1.807) is 25.1 Å². The van der Waals surface area contributed by atoms with Crippen LogP contribution in [-0.2, 0) is 10.0 Å². The summed E-state index contributed by atoms with van der Waals surface area (Å²) in [6.45, 7) is 3.01. The van der Waals surface area contributed by atoms with Gasteiger partial charge in [-0.3, -0.25) is 9.52 Å². The molecular formula is C18H22ClN3O3S. The first-order chi connectivity index (χ1) is 12.2. The van der Waals surface area contributed by atoms with Gasteiger partial charge in [-0.25, -0.2) is 8.42 Å². The fourth-order valence-corrected chi connectivity index (χ4v) is 3.58. The van der Waals surface area contributed by atoms with Gasteiger partial charge in [-0.15, -0.1) is 0 Å². The highest BCUT2D eigenvalue weighted by Gasteiger charge is 2.16. The Balaban J connectivity index is 2.09. The second kappa shape index (κ2) is 8.53. The van der Waals surface area contributed by atoms with E-state index in [9.17, 15) is 13.2 Å². The van der Waals surface area contributed by atoms with Gasteiger partial charge >= 0.3 is 0 Å². The van der Waals surface area contributed by atoms with Crippen molar-refractivity contribution in [2.75, 3.05) is 31.9 Å². The molecule has 6 nitrogen and oxygen atoms in total. The minimum atomic E-state index is -3.75. The van der Waals surface area contributed by atoms with Crippen LogP contribution in [0.4, 0.5) is 5.69 Å². The number of nitrogens with one attached hydrogen (secondary N) is 2. The minimum absolute atomic E-state index is 0.0803. The topological polar surface area (TPSA) is 78.5 Å². The lowest BCUT2D eigenvalue weighted by atomic mass is 10.2. The van der Waals surface area contributed by atoms with Crippen molar-refractivity contribution in [3.05, 3.63) is 58.6 Å². The van der Waals surface area contributed by atoms with Crippen LogP contribution in [0, 0.1) is 6.92 Å². The number of aryl methyl sites for hydroxylation is 1. The van der Waals surface area contributed by atoms with Crippen LogP contribution in [0.25, 0.3) is 0 Å². The van der Waals surface area contributed by atoms with Crippen molar-refractivity contribution in [3.63, 3.8) is 0 Å². The Labute approximate surface area is 159 Å². The third-order valence-electron chi connectivity index (χ3n) is 3.70. The van der Waals surface area contributed by atoms with Crippen molar-refractivity contribution in [2.45, 2.75) is 11.8 Å². The first-order valence-corrected chi connectivity index (χ1v) is 9.87. The average molecular weight is 396 g/mol. The highest BCUT2D eigenvalue weighted by atomic mass is 35.5. The van der Waals surface area contributed by atoms with E-state index >= 15 is 0 Å². The molecule has 2 N–H and O–H groups in total. The zero-order valence-electron chi connectivity index (χ0n) is 14.9. The van der Waals surface area contributed by atoms with Gasteiger partial charge in [0.2, 0.25) is 0 Å². The molecule has 0 aliphatic heterocycles. The summed E-state index contributed by atoms with van der Waals surface area (Å²) < 4.78 is 27.6. The molecule has 0 spiro atoms. The summed E-state index contributed by atoms with van der Waals surface area (Å²) in [5.74, 6) is -0.239. The lowest BCUT2D eigenvalue weighted by molar-refractivity contribution is 0.0951. The Morgan fingerprint density at radius 3 is 2.35 bits per heavy atom. The Bertz CT molecular complexity index is 881. The second-order valence-corrected chi connectivity index (χ2v) is 8.27. The summed E-state index contributed by atoms with van der Waals surface area (Å²) in [6, 6.07) is 10.7. The van der Waals surface area contributed by atoms with Crippen LogP contribution in [0.1, 0.15) is 15.9 Å². The molecule has 140 valence electrons. The maximum Gasteiger partial charge on any atom is 0.261 e. The molecule has 0 heterocycles. The summed E-state index contributed by atoms with van der Waals surface area (Å²) in [5.41, 5.74) is 1.59. The summed E-state index contributed by atoms with van der Waals surface area (Å²) in [7, 11) is 0.0849. The van der Waals surface area contributed by atoms with Gasteiger partial charge in [-0.1, -0.05) is 11.6 Å². The normalized spacial score (nSPS) is 11.4. The average Bonchev–Trinajstić information content (AvgIpc) is 2.57. The fourth-order valence-electron chi connectivity index (χ4n) is 2.23. The van der Waals surface area contributed by atoms with Crippen LogP contribution in [0.3, 0.4) is 0 Å². The van der Waals surface area contributed by atoms with Gasteiger partial charge in [0, 0.05) is 23.7 Å². The number of carbonyl (C=O) groups excluding carboxylic acids is 1. The van der Waals surface area contributed by atoms with Crippen molar-refractivity contribution in [1.29, 1.82) is 0 Å². The number of anilines is 1. The Morgan fingerprint density at radius 2 is 1.77 bits per heavy atom. The first-order valence-electron chi connectivity index (χ1n) is 8.01. The Morgan fingerprint density at radius 1 is 1.12 bits per heavy atom. The van der Waals surface area contributed by atoms with Crippen LogP contribution >= 0.6 is 11.6 Å². The van der Waals surface area contributed by atoms with Crippen LogP contribution in [-0.4, -0.2) is 46.4 Å². The number of amides is 1. The predicted octanol–water partition coefficient (Wildman–Crippen LogP) is 2.74. The molecule has 2 aromatic rings. The van der Waals surface area contributed by atoms with Crippen LogP contribution < -0.4 is 10.0 Å². The molecule has 2 aromatic carbocycles. The summed E-state index contributed by atoms with van der Waals surface area (Å²) in [5, 5.41) is 3.32. The summed E-state index contributed by atoms with van der Waals surface area (Å²) in [4.78, 5) is 14.1. The zero-order valence-corrected chi connectivity index (χ0v) is 16.5. The number of sulfonamides is 1. The van der Waals surface area contributed by atoms with E-state index in [1.807, 2.05) is 19.0 Å². The maximum absolute atomic E-state index is 12.5. The molecule has 0 atom stereocenters. The number of likely N-dealkylation sites (N-methyl/N-ethyl adjacent to an activating group) is 1. The molecule has 0 aromatic heterocycles. The van der Waals surface area contributed by atoms with Gasteiger partial charge in [0.05, 0.1) is 10.6 Å². The van der Waals surface area contributed by atoms with E-state index in [0.717, 1.165) is 12.1 Å². The molecule has 0 saturated heterocycles. The molecule has 0 saturated carbocycles. The smallest absolute Gasteiger partial charge is 0.261 e. The number of hydrogen-bond donors (Lipinski definition) is 2. The summed E-state index contributed by atoms with van der Waals surface area (Å²) >= 11 is 5.89. The standard InChI is InChI=1S/C18H22ClN3O3S/c1-13-12-15(19)6-9-17(13)21-26(24,25)16-7-4-14(5-8-16)18(23)20-10-11-22(2)3/h4-9,12,21H,10-11H2,1-3H3,(H,20,23). The van der Waals surface area contributed by atoms with E-state index in [1.165, 1.54) is 24.3 Å². The molecule has 0 aliphatic rings. The highest BCUT2D eigenvalue weighted by molar-refractivity contribution is 7.92. The van der Waals surface area contributed by atoms with Gasteiger partial charge in [-0.2, -0.15) is 0 Å². The van der Waals surface area contributed by atoms with Gasteiger partial charge < -0.3 is 10.2 Å². The molecule has 0 bridgehead atoms. The SMILES string of the molecule is Cc1cc(Cl)ccc1NS(=O)(=O)c1ccc(C(=O)NCCN(C)C)cc1. The van der Waals surface area contributed by atoms with Crippen molar-refractivity contribution in [3.8, 4) is 0 Å². The largest absolute Gasteiger partial charge is 0.351 e. The lowest BCUT2D eigenvalue weighted by Crippen LogP contribution is -2.31.